The van der Waals surface area contributed by atoms with E-state index in [4.69, 9.17) is 0 Å². The molecule has 5 heteroatoms. The Kier molecular flexibility index (Phi) is 11.4. The zero-order valence-corrected chi connectivity index (χ0v) is 51.9. The molecule has 5 aromatic rings. The molecule has 0 saturated heterocycles. The first-order chi connectivity index (χ1) is 34.8. The molecule has 0 spiro atoms. The molecule has 1 atom stereocenters. The molecule has 1 unspecified atom stereocenters. The van der Waals surface area contributed by atoms with Crippen LogP contribution in [-0.2, 0) is 37.9 Å². The molecule has 3 heterocycles. The van der Waals surface area contributed by atoms with Crippen LogP contribution in [0.3, 0.4) is 0 Å². The van der Waals surface area contributed by atoms with E-state index in [1.165, 1.54) is 118 Å². The second kappa shape index (κ2) is 16.5. The molecule has 12 rings (SSSR count). The minimum Gasteiger partial charge on any atom is -0.327 e. The monoisotopic (exact) mass is 1030 g/mol. The summed E-state index contributed by atoms with van der Waals surface area (Å²) < 4.78 is 1.46. The molecule has 7 aliphatic rings. The van der Waals surface area contributed by atoms with Gasteiger partial charge in [-0.05, 0) is 230 Å². The third kappa shape index (κ3) is 7.92. The van der Waals surface area contributed by atoms with Gasteiger partial charge in [0.25, 0.3) is 0 Å². The number of benzene rings is 4. The highest BCUT2D eigenvalue weighted by atomic mass is 32.1. The number of nitrogens with zero attached hydrogens (tertiary/aromatic N) is 2. The smallest absolute Gasteiger partial charge is 0.249 e. The van der Waals surface area contributed by atoms with Crippen LogP contribution in [0.15, 0.2) is 83.1 Å². The van der Waals surface area contributed by atoms with Crippen molar-refractivity contribution in [3.63, 3.8) is 0 Å². The molecular weight excluding hydrogens is 940 g/mol. The van der Waals surface area contributed by atoms with Crippen LogP contribution >= 0.6 is 11.3 Å². The van der Waals surface area contributed by atoms with Crippen LogP contribution in [0.5, 0.6) is 0 Å². The van der Waals surface area contributed by atoms with Gasteiger partial charge < -0.3 is 9.80 Å². The van der Waals surface area contributed by atoms with Crippen LogP contribution in [0.25, 0.3) is 15.7 Å². The van der Waals surface area contributed by atoms with Crippen molar-refractivity contribution < 1.29 is 0 Å². The third-order valence-corrected chi connectivity index (χ3v) is 24.6. The van der Waals surface area contributed by atoms with E-state index in [1.807, 2.05) is 0 Å². The highest BCUT2D eigenvalue weighted by Crippen LogP contribution is 2.58. The van der Waals surface area contributed by atoms with Gasteiger partial charge in [0.1, 0.15) is 0 Å². The SMILES string of the molecule is Cc1cc(C(C)(C)C)ccc1N1c2sc3cc4c(cc3c2B2C3=C(C=C([Si](C)(C)C)CC31)N(c1cc3c(cc1C1=CCCCC1)C(C)(C)CCC3(C)C)c1cc3c(cc12)C(C)(C)CCC3(C)C)C(C)(C)CCC4(C)C. The molecular formula is C70H91BN2SSi. The Hall–Kier alpha value is -4.06. The minimum absolute atomic E-state index is 0.0586. The summed E-state index contributed by atoms with van der Waals surface area (Å²) in [5.74, 6) is 0. The van der Waals surface area contributed by atoms with Gasteiger partial charge >= 0.3 is 0 Å². The van der Waals surface area contributed by atoms with Crippen molar-refractivity contribution in [1.82, 2.24) is 0 Å². The van der Waals surface area contributed by atoms with Gasteiger partial charge in [0.15, 0.2) is 0 Å². The van der Waals surface area contributed by atoms with E-state index in [0.29, 0.717) is 0 Å². The molecule has 1 aromatic heterocycles. The number of aryl methyl sites for hydroxylation is 1. The van der Waals surface area contributed by atoms with Crippen molar-refractivity contribution in [3.05, 3.63) is 133 Å². The number of hydrogen-bond donors (Lipinski definition) is 0. The largest absolute Gasteiger partial charge is 0.327 e. The second-order valence-corrected chi connectivity index (χ2v) is 37.4. The first-order valence-corrected chi connectivity index (χ1v) is 34.0. The highest BCUT2D eigenvalue weighted by molar-refractivity contribution is 7.26. The van der Waals surface area contributed by atoms with Gasteiger partial charge in [0, 0.05) is 27.3 Å². The second-order valence-electron chi connectivity index (χ2n) is 31.2. The number of anilines is 4. The Morgan fingerprint density at radius 3 is 1.68 bits per heavy atom. The summed E-state index contributed by atoms with van der Waals surface area (Å²) >= 11 is 2.11. The lowest BCUT2D eigenvalue weighted by Crippen LogP contribution is -2.62. The molecule has 2 aliphatic heterocycles. The topological polar surface area (TPSA) is 6.48 Å². The lowest BCUT2D eigenvalue weighted by atomic mass is 9.31. The average Bonchev–Trinajstić information content (AvgIpc) is 3.70. The molecule has 5 aliphatic carbocycles. The van der Waals surface area contributed by atoms with Gasteiger partial charge in [-0.1, -0.05) is 153 Å². The average molecular weight is 1030 g/mol. The number of fused-ring (bicyclic) bond motifs is 9. The molecule has 0 saturated carbocycles. The standard InChI is InChI=1S/C70H91BN2SSi/c1-42-33-44(64(2,3)4)25-26-55(42)73-59-35-45(75(17,18)19)34-58-62(59)71(61-47-37-49-53(41-60(47)74-63(61)73)70(15,16)32-28-66(49,7)8)54-38-50-52(69(13,14)31-29-67(50,9)10)40-57(54)72(58)56-39-51-48(65(5,6)27-30-68(51,11)12)36-46(56)43-23-21-20-22-24-43/h23,25-26,33-34,36-41,59H,20-22,24,27-32,35H2,1-19H3. The molecule has 0 amide bonds. The lowest BCUT2D eigenvalue weighted by Gasteiger charge is -2.52. The fraction of sp³-hybridized carbons (Fsp3) is 0.543. The van der Waals surface area contributed by atoms with Crippen LogP contribution in [0.1, 0.15) is 225 Å². The predicted octanol–water partition coefficient (Wildman–Crippen LogP) is 18.8. The van der Waals surface area contributed by atoms with Crippen LogP contribution in [0.2, 0.25) is 19.6 Å². The van der Waals surface area contributed by atoms with Crippen LogP contribution in [-0.4, -0.2) is 20.8 Å². The van der Waals surface area contributed by atoms with Crippen molar-refractivity contribution >= 4 is 74.8 Å². The van der Waals surface area contributed by atoms with Crippen LogP contribution in [0.4, 0.5) is 22.1 Å². The van der Waals surface area contributed by atoms with E-state index in [2.05, 4.69) is 218 Å². The Bertz CT molecular complexity index is 3360. The number of allylic oxidation sites excluding steroid dienone is 3. The lowest BCUT2D eigenvalue weighted by molar-refractivity contribution is 0.332. The summed E-state index contributed by atoms with van der Waals surface area (Å²) in [6.45, 7) is 48.0. The van der Waals surface area contributed by atoms with Crippen molar-refractivity contribution in [2.45, 2.75) is 245 Å². The van der Waals surface area contributed by atoms with Gasteiger partial charge in [-0.2, -0.15) is 0 Å². The van der Waals surface area contributed by atoms with Crippen LogP contribution < -0.4 is 20.7 Å². The van der Waals surface area contributed by atoms with Gasteiger partial charge in [0.05, 0.1) is 24.8 Å². The zero-order chi connectivity index (χ0) is 53.7. The maximum Gasteiger partial charge on any atom is 0.249 e. The quantitative estimate of drug-likeness (QED) is 0.166. The van der Waals surface area contributed by atoms with Crippen molar-refractivity contribution in [2.24, 2.45) is 0 Å². The van der Waals surface area contributed by atoms with Gasteiger partial charge in [-0.3, -0.25) is 0 Å². The maximum atomic E-state index is 2.94. The Labute approximate surface area is 460 Å². The molecule has 0 radical (unpaired) electrons. The molecule has 75 heavy (non-hydrogen) atoms. The summed E-state index contributed by atoms with van der Waals surface area (Å²) in [6, 6.07) is 24.3. The van der Waals surface area contributed by atoms with E-state index < -0.39 is 8.07 Å². The van der Waals surface area contributed by atoms with Crippen LogP contribution in [0, 0.1) is 6.92 Å². The molecule has 2 nitrogen and oxygen atoms in total. The molecule has 4 aromatic carbocycles. The van der Waals surface area contributed by atoms with Gasteiger partial charge in [-0.15, -0.1) is 11.3 Å². The number of rotatable bonds is 4. The molecule has 0 bridgehead atoms. The first-order valence-electron chi connectivity index (χ1n) is 29.7. The van der Waals surface area contributed by atoms with E-state index in [1.54, 1.807) is 55.1 Å². The Balaban J connectivity index is 1.27. The van der Waals surface area contributed by atoms with Gasteiger partial charge in [0.2, 0.25) is 6.71 Å². The normalized spacial score (nSPS) is 23.6. The van der Waals surface area contributed by atoms with E-state index in [-0.39, 0.29) is 50.7 Å². The fourth-order valence-electron chi connectivity index (χ4n) is 15.6. The maximum absolute atomic E-state index is 2.94. The van der Waals surface area contributed by atoms with E-state index in [9.17, 15) is 0 Å². The Morgan fingerprint density at radius 1 is 0.613 bits per heavy atom. The highest BCUT2D eigenvalue weighted by Gasteiger charge is 2.54. The number of thiophene rings is 1. The number of hydrogen-bond acceptors (Lipinski definition) is 3. The minimum atomic E-state index is -1.87. The molecule has 0 N–H and O–H groups in total. The molecule has 0 fully saturated rings. The zero-order valence-electron chi connectivity index (χ0n) is 50.1. The van der Waals surface area contributed by atoms with Crippen molar-refractivity contribution in [3.8, 4) is 0 Å². The first kappa shape index (κ1) is 51.7. The van der Waals surface area contributed by atoms with Gasteiger partial charge in [-0.25, -0.2) is 0 Å². The summed E-state index contributed by atoms with van der Waals surface area (Å²) in [5.41, 5.74) is 26.3. The summed E-state index contributed by atoms with van der Waals surface area (Å²) in [6.07, 6.45) is 18.6. The summed E-state index contributed by atoms with van der Waals surface area (Å²) in [7, 11) is -1.87. The third-order valence-electron chi connectivity index (χ3n) is 21.1. The van der Waals surface area contributed by atoms with E-state index in [0.717, 1.165) is 12.8 Å². The Morgan fingerprint density at radius 2 is 1.15 bits per heavy atom. The van der Waals surface area contributed by atoms with E-state index >= 15 is 0 Å². The van der Waals surface area contributed by atoms with Crippen molar-refractivity contribution in [2.75, 3.05) is 9.80 Å². The predicted molar refractivity (Wildman–Crippen MR) is 333 cm³/mol. The van der Waals surface area contributed by atoms with Crippen molar-refractivity contribution in [1.29, 1.82) is 0 Å². The summed E-state index contributed by atoms with van der Waals surface area (Å²) in [5, 5.41) is 4.66. The molecule has 394 valence electrons. The summed E-state index contributed by atoms with van der Waals surface area (Å²) in [4.78, 5) is 5.88. The fourth-order valence-corrected chi connectivity index (χ4v) is 18.3.